The van der Waals surface area contributed by atoms with Crippen molar-refractivity contribution < 1.29 is 4.79 Å². The zero-order chi connectivity index (χ0) is 13.2. The second kappa shape index (κ2) is 5.85. The van der Waals surface area contributed by atoms with Crippen LogP contribution in [0.25, 0.3) is 0 Å². The predicted octanol–water partition coefficient (Wildman–Crippen LogP) is 3.51. The molecule has 1 spiro atoms. The highest BCUT2D eigenvalue weighted by atomic mass is 32.1. The largest absolute Gasteiger partial charge is 0.342 e. The summed E-state index contributed by atoms with van der Waals surface area (Å²) >= 11 is 4.46. The second-order valence-corrected chi connectivity index (χ2v) is 7.13. The number of rotatable bonds is 2. The predicted molar refractivity (Wildman–Crippen MR) is 78.9 cm³/mol. The van der Waals surface area contributed by atoms with Gasteiger partial charge in [-0.3, -0.25) is 4.79 Å². The summed E-state index contributed by atoms with van der Waals surface area (Å²) in [7, 11) is 0. The van der Waals surface area contributed by atoms with E-state index in [2.05, 4.69) is 31.4 Å². The van der Waals surface area contributed by atoms with Gasteiger partial charge in [0.1, 0.15) is 0 Å². The first-order valence-corrected chi connectivity index (χ1v) is 8.03. The van der Waals surface area contributed by atoms with E-state index in [1.165, 1.54) is 44.9 Å². The molecule has 1 unspecified atom stereocenters. The normalized spacial score (nSPS) is 25.4. The van der Waals surface area contributed by atoms with Crippen molar-refractivity contribution >= 4 is 18.5 Å². The lowest BCUT2D eigenvalue weighted by atomic mass is 9.68. The number of piperidine rings is 1. The molecule has 0 aromatic rings. The van der Waals surface area contributed by atoms with E-state index in [4.69, 9.17) is 0 Å². The van der Waals surface area contributed by atoms with Crippen LogP contribution in [0.1, 0.15) is 58.8 Å². The van der Waals surface area contributed by atoms with Crippen molar-refractivity contribution in [1.82, 2.24) is 4.90 Å². The molecule has 2 rings (SSSR count). The van der Waals surface area contributed by atoms with Gasteiger partial charge in [-0.15, -0.1) is 0 Å². The van der Waals surface area contributed by atoms with Crippen molar-refractivity contribution in [1.29, 1.82) is 0 Å². The first-order chi connectivity index (χ1) is 8.54. The van der Waals surface area contributed by atoms with Gasteiger partial charge in [-0.25, -0.2) is 0 Å². The molecule has 2 aliphatic rings. The Morgan fingerprint density at radius 2 is 1.61 bits per heavy atom. The molecule has 0 radical (unpaired) electrons. The zero-order valence-electron chi connectivity index (χ0n) is 11.8. The molecule has 1 amide bonds. The van der Waals surface area contributed by atoms with Crippen molar-refractivity contribution in [3.8, 4) is 0 Å². The number of carbonyl (C=O) groups excluding carboxylic acids is 1. The van der Waals surface area contributed by atoms with Gasteiger partial charge in [-0.05, 0) is 37.0 Å². The van der Waals surface area contributed by atoms with Crippen molar-refractivity contribution in [2.24, 2.45) is 11.3 Å². The molecule has 1 aliphatic heterocycles. The average Bonchev–Trinajstić information content (AvgIpc) is 2.39. The molecule has 1 saturated heterocycles. The molecule has 3 heteroatoms. The van der Waals surface area contributed by atoms with E-state index in [9.17, 15) is 4.79 Å². The third kappa shape index (κ3) is 3.04. The minimum absolute atomic E-state index is 0.120. The van der Waals surface area contributed by atoms with Crippen LogP contribution in [0, 0.1) is 11.3 Å². The molecule has 18 heavy (non-hydrogen) atoms. The van der Waals surface area contributed by atoms with Gasteiger partial charge >= 0.3 is 0 Å². The van der Waals surface area contributed by atoms with E-state index in [0.29, 0.717) is 11.3 Å². The van der Waals surface area contributed by atoms with Crippen molar-refractivity contribution in [3.05, 3.63) is 0 Å². The number of thiol groups is 1. The molecule has 2 fully saturated rings. The summed E-state index contributed by atoms with van der Waals surface area (Å²) in [4.78, 5) is 14.3. The van der Waals surface area contributed by atoms with Crippen LogP contribution in [0.5, 0.6) is 0 Å². The van der Waals surface area contributed by atoms with Gasteiger partial charge < -0.3 is 4.90 Å². The lowest BCUT2D eigenvalue weighted by molar-refractivity contribution is -0.134. The van der Waals surface area contributed by atoms with E-state index in [-0.39, 0.29) is 11.2 Å². The van der Waals surface area contributed by atoms with Gasteiger partial charge in [-0.2, -0.15) is 12.6 Å². The zero-order valence-corrected chi connectivity index (χ0v) is 12.7. The first-order valence-electron chi connectivity index (χ1n) is 7.51. The highest BCUT2D eigenvalue weighted by Crippen LogP contribution is 2.44. The molecule has 1 atom stereocenters. The van der Waals surface area contributed by atoms with Gasteiger partial charge in [0.05, 0.1) is 5.25 Å². The van der Waals surface area contributed by atoms with E-state index in [1.54, 1.807) is 0 Å². The maximum absolute atomic E-state index is 12.3. The van der Waals surface area contributed by atoms with Gasteiger partial charge in [-0.1, -0.05) is 33.1 Å². The highest BCUT2D eigenvalue weighted by molar-refractivity contribution is 7.81. The summed E-state index contributed by atoms with van der Waals surface area (Å²) in [6.45, 7) is 6.06. The Labute approximate surface area is 117 Å². The Bertz CT molecular complexity index is 287. The van der Waals surface area contributed by atoms with Gasteiger partial charge in [0.25, 0.3) is 0 Å². The standard InChI is InChI=1S/C15H27NOS/c1-12(2)13(18)14(17)16-10-8-15(9-11-16)6-4-3-5-7-15/h12-13,18H,3-11H2,1-2H3. The number of hydrogen-bond donors (Lipinski definition) is 1. The Kier molecular flexibility index (Phi) is 4.63. The van der Waals surface area contributed by atoms with Crippen LogP contribution in [0.2, 0.25) is 0 Å². The SMILES string of the molecule is CC(C)C(S)C(=O)N1CCC2(CCCCC2)CC1. The number of amides is 1. The van der Waals surface area contributed by atoms with Gasteiger partial charge in [0.15, 0.2) is 0 Å². The molecule has 104 valence electrons. The van der Waals surface area contributed by atoms with E-state index in [1.807, 2.05) is 0 Å². The van der Waals surface area contributed by atoms with Crippen LogP contribution in [0.4, 0.5) is 0 Å². The summed E-state index contributed by atoms with van der Waals surface area (Å²) in [5.41, 5.74) is 0.582. The molecule has 1 saturated carbocycles. The number of nitrogens with zero attached hydrogens (tertiary/aromatic N) is 1. The monoisotopic (exact) mass is 269 g/mol. The molecular weight excluding hydrogens is 242 g/mol. The van der Waals surface area contributed by atoms with Crippen molar-refractivity contribution in [2.45, 2.75) is 64.0 Å². The molecule has 2 nitrogen and oxygen atoms in total. The molecule has 0 bridgehead atoms. The van der Waals surface area contributed by atoms with E-state index in [0.717, 1.165) is 13.1 Å². The summed E-state index contributed by atoms with van der Waals surface area (Å²) in [5.74, 6) is 0.574. The molecule has 0 aromatic carbocycles. The molecule has 0 N–H and O–H groups in total. The van der Waals surface area contributed by atoms with E-state index >= 15 is 0 Å². The van der Waals surface area contributed by atoms with Crippen LogP contribution in [0.3, 0.4) is 0 Å². The summed E-state index contributed by atoms with van der Waals surface area (Å²) in [6, 6.07) is 0. The van der Waals surface area contributed by atoms with Crippen LogP contribution in [-0.4, -0.2) is 29.1 Å². The number of likely N-dealkylation sites (tertiary alicyclic amines) is 1. The number of carbonyl (C=O) groups is 1. The summed E-state index contributed by atoms with van der Waals surface area (Å²) < 4.78 is 0. The Morgan fingerprint density at radius 3 is 2.11 bits per heavy atom. The quantitative estimate of drug-likeness (QED) is 0.761. The fraction of sp³-hybridized carbons (Fsp3) is 0.933. The maximum Gasteiger partial charge on any atom is 0.235 e. The van der Waals surface area contributed by atoms with Gasteiger partial charge in [0.2, 0.25) is 5.91 Å². The summed E-state index contributed by atoms with van der Waals surface area (Å²) in [6.07, 6.45) is 9.43. The molecule has 0 aromatic heterocycles. The lowest BCUT2D eigenvalue weighted by Gasteiger charge is -2.45. The second-order valence-electron chi connectivity index (χ2n) is 6.57. The fourth-order valence-corrected chi connectivity index (χ4v) is 3.64. The minimum atomic E-state index is -0.120. The lowest BCUT2D eigenvalue weighted by Crippen LogP contribution is -2.47. The van der Waals surface area contributed by atoms with Crippen LogP contribution >= 0.6 is 12.6 Å². The first kappa shape index (κ1) is 14.2. The Balaban J connectivity index is 1.88. The third-order valence-electron chi connectivity index (χ3n) is 4.93. The molecule has 1 aliphatic carbocycles. The molecule has 1 heterocycles. The Morgan fingerprint density at radius 1 is 1.06 bits per heavy atom. The smallest absolute Gasteiger partial charge is 0.235 e. The summed E-state index contributed by atoms with van der Waals surface area (Å²) in [5, 5.41) is -0.120. The Hall–Kier alpha value is -0.180. The van der Waals surface area contributed by atoms with Gasteiger partial charge in [0, 0.05) is 13.1 Å². The number of hydrogen-bond acceptors (Lipinski definition) is 2. The topological polar surface area (TPSA) is 20.3 Å². The van der Waals surface area contributed by atoms with Crippen molar-refractivity contribution in [2.75, 3.05) is 13.1 Å². The highest BCUT2D eigenvalue weighted by Gasteiger charge is 2.37. The van der Waals surface area contributed by atoms with Crippen LogP contribution in [-0.2, 0) is 4.79 Å². The maximum atomic E-state index is 12.3. The average molecular weight is 269 g/mol. The van der Waals surface area contributed by atoms with Crippen LogP contribution in [0.15, 0.2) is 0 Å². The molecular formula is C15H27NOS. The van der Waals surface area contributed by atoms with Crippen LogP contribution < -0.4 is 0 Å². The minimum Gasteiger partial charge on any atom is -0.342 e. The fourth-order valence-electron chi connectivity index (χ4n) is 3.48. The van der Waals surface area contributed by atoms with E-state index < -0.39 is 0 Å². The van der Waals surface area contributed by atoms with Crippen molar-refractivity contribution in [3.63, 3.8) is 0 Å². The third-order valence-corrected chi connectivity index (χ3v) is 5.75.